The van der Waals surface area contributed by atoms with Crippen molar-refractivity contribution >= 4 is 28.9 Å². The van der Waals surface area contributed by atoms with Crippen LogP contribution in [0.15, 0.2) is 18.2 Å². The number of nitro groups is 1. The normalized spacial score (nSPS) is 11.5. The van der Waals surface area contributed by atoms with Gasteiger partial charge in [0.2, 0.25) is 5.91 Å². The quantitative estimate of drug-likeness (QED) is 0.614. The van der Waals surface area contributed by atoms with Gasteiger partial charge in [-0.05, 0) is 25.5 Å². The SMILES string of the molecule is Cc1ccc(NC(=O)CCn2nc(C(F)(F)F)c(Cl)c2C)c([N+](=O)[O-])c1. The van der Waals surface area contributed by atoms with Crippen LogP contribution in [0.1, 0.15) is 23.4 Å². The second-order valence-electron chi connectivity index (χ2n) is 5.54. The Morgan fingerprint density at radius 3 is 2.58 bits per heavy atom. The van der Waals surface area contributed by atoms with Gasteiger partial charge in [-0.2, -0.15) is 18.3 Å². The van der Waals surface area contributed by atoms with Gasteiger partial charge in [0.25, 0.3) is 5.69 Å². The van der Waals surface area contributed by atoms with Gasteiger partial charge in [-0.15, -0.1) is 0 Å². The summed E-state index contributed by atoms with van der Waals surface area (Å²) in [5.74, 6) is -0.600. The fraction of sp³-hybridized carbons (Fsp3) is 0.333. The Morgan fingerprint density at radius 2 is 2.04 bits per heavy atom. The number of hydrogen-bond acceptors (Lipinski definition) is 4. The van der Waals surface area contributed by atoms with Crippen molar-refractivity contribution in [1.29, 1.82) is 0 Å². The van der Waals surface area contributed by atoms with Crippen LogP contribution in [0.2, 0.25) is 5.02 Å². The van der Waals surface area contributed by atoms with Crippen molar-refractivity contribution in [1.82, 2.24) is 9.78 Å². The average molecular weight is 391 g/mol. The van der Waals surface area contributed by atoms with Crippen molar-refractivity contribution in [3.8, 4) is 0 Å². The molecule has 140 valence electrons. The number of aromatic nitrogens is 2. The van der Waals surface area contributed by atoms with Crippen molar-refractivity contribution in [3.63, 3.8) is 0 Å². The van der Waals surface area contributed by atoms with E-state index in [4.69, 9.17) is 11.6 Å². The molecule has 1 heterocycles. The van der Waals surface area contributed by atoms with E-state index in [9.17, 15) is 28.1 Å². The summed E-state index contributed by atoms with van der Waals surface area (Å²) in [7, 11) is 0. The molecule has 1 amide bonds. The molecule has 0 saturated carbocycles. The highest BCUT2D eigenvalue weighted by molar-refractivity contribution is 6.31. The summed E-state index contributed by atoms with van der Waals surface area (Å²) >= 11 is 5.64. The highest BCUT2D eigenvalue weighted by Crippen LogP contribution is 2.35. The van der Waals surface area contributed by atoms with Gasteiger partial charge in [-0.25, -0.2) is 0 Å². The molecule has 0 saturated heterocycles. The first kappa shape index (κ1) is 19.7. The molecule has 0 atom stereocenters. The molecule has 2 rings (SSSR count). The molecule has 0 fully saturated rings. The molecule has 0 radical (unpaired) electrons. The molecular weight excluding hydrogens is 377 g/mol. The fourth-order valence-electron chi connectivity index (χ4n) is 2.24. The van der Waals surface area contributed by atoms with Gasteiger partial charge in [-0.3, -0.25) is 19.6 Å². The summed E-state index contributed by atoms with van der Waals surface area (Å²) in [5, 5.41) is 16.3. The van der Waals surface area contributed by atoms with Crippen LogP contribution in [0.4, 0.5) is 24.5 Å². The number of alkyl halides is 3. The van der Waals surface area contributed by atoms with E-state index in [1.807, 2.05) is 0 Å². The van der Waals surface area contributed by atoms with Crippen LogP contribution in [-0.2, 0) is 17.5 Å². The first-order valence-electron chi connectivity index (χ1n) is 7.35. The molecule has 1 N–H and O–H groups in total. The second-order valence-corrected chi connectivity index (χ2v) is 5.92. The van der Waals surface area contributed by atoms with Gasteiger partial charge in [-0.1, -0.05) is 17.7 Å². The lowest BCUT2D eigenvalue weighted by Crippen LogP contribution is -2.17. The zero-order valence-electron chi connectivity index (χ0n) is 13.7. The highest BCUT2D eigenvalue weighted by Gasteiger charge is 2.38. The zero-order chi connectivity index (χ0) is 19.6. The number of rotatable bonds is 5. The number of hydrogen-bond donors (Lipinski definition) is 1. The minimum absolute atomic E-state index is 0.0109. The van der Waals surface area contributed by atoms with E-state index in [1.54, 1.807) is 13.0 Å². The number of nitro benzene ring substituents is 1. The third-order valence-electron chi connectivity index (χ3n) is 3.58. The number of benzene rings is 1. The van der Waals surface area contributed by atoms with Crippen molar-refractivity contribution in [2.45, 2.75) is 33.0 Å². The lowest BCUT2D eigenvalue weighted by molar-refractivity contribution is -0.384. The van der Waals surface area contributed by atoms with Crippen molar-refractivity contribution < 1.29 is 22.9 Å². The zero-order valence-corrected chi connectivity index (χ0v) is 14.5. The van der Waals surface area contributed by atoms with E-state index in [0.717, 1.165) is 4.68 Å². The Labute approximate surface area is 150 Å². The number of carbonyl (C=O) groups excluding carboxylic acids is 1. The van der Waals surface area contributed by atoms with Crippen LogP contribution in [-0.4, -0.2) is 20.6 Å². The van der Waals surface area contributed by atoms with Crippen molar-refractivity contribution in [3.05, 3.63) is 50.3 Å². The predicted octanol–water partition coefficient (Wildman–Crippen LogP) is 4.11. The maximum Gasteiger partial charge on any atom is 0.436 e. The fourth-order valence-corrected chi connectivity index (χ4v) is 2.48. The molecule has 0 bridgehead atoms. The Morgan fingerprint density at radius 1 is 1.38 bits per heavy atom. The highest BCUT2D eigenvalue weighted by atomic mass is 35.5. The maximum atomic E-state index is 12.8. The molecule has 26 heavy (non-hydrogen) atoms. The predicted molar refractivity (Wildman–Crippen MR) is 88.1 cm³/mol. The third-order valence-corrected chi connectivity index (χ3v) is 4.03. The number of carbonyl (C=O) groups is 1. The molecule has 1 aromatic heterocycles. The van der Waals surface area contributed by atoms with E-state index in [2.05, 4.69) is 10.4 Å². The van der Waals surface area contributed by atoms with Crippen molar-refractivity contribution in [2.75, 3.05) is 5.32 Å². The number of amides is 1. The monoisotopic (exact) mass is 390 g/mol. The van der Waals surface area contributed by atoms with E-state index in [0.29, 0.717) is 5.56 Å². The summed E-state index contributed by atoms with van der Waals surface area (Å²) in [4.78, 5) is 22.4. The maximum absolute atomic E-state index is 12.8. The molecule has 0 spiro atoms. The topological polar surface area (TPSA) is 90.1 Å². The van der Waals surface area contributed by atoms with Crippen LogP contribution >= 0.6 is 11.6 Å². The van der Waals surface area contributed by atoms with Gasteiger partial charge < -0.3 is 5.32 Å². The van der Waals surface area contributed by atoms with E-state index in [1.165, 1.54) is 19.1 Å². The minimum atomic E-state index is -4.70. The van der Waals surface area contributed by atoms with Crippen molar-refractivity contribution in [2.24, 2.45) is 0 Å². The summed E-state index contributed by atoms with van der Waals surface area (Å²) in [6.45, 7) is 2.86. The minimum Gasteiger partial charge on any atom is -0.320 e. The summed E-state index contributed by atoms with van der Waals surface area (Å²) in [6, 6.07) is 4.29. The Kier molecular flexibility index (Phi) is 5.55. The average Bonchev–Trinajstić information content (AvgIpc) is 2.82. The summed E-state index contributed by atoms with van der Waals surface area (Å²) < 4.78 is 39.3. The number of nitrogens with one attached hydrogen (secondary N) is 1. The first-order valence-corrected chi connectivity index (χ1v) is 7.73. The van der Waals surface area contributed by atoms with Gasteiger partial charge in [0.05, 0.1) is 22.2 Å². The summed E-state index contributed by atoms with van der Waals surface area (Å²) in [5.41, 5.74) is -0.747. The standard InChI is InChI=1S/C15H14ClF3N4O3/c1-8-3-4-10(11(7-8)23(25)26)20-12(24)5-6-22-9(2)13(16)14(21-22)15(17,18)19/h3-4,7H,5-6H2,1-2H3,(H,20,24). The Balaban J connectivity index is 2.10. The van der Waals surface area contributed by atoms with Gasteiger partial charge in [0.1, 0.15) is 5.69 Å². The van der Waals surface area contributed by atoms with Crippen LogP contribution < -0.4 is 5.32 Å². The summed E-state index contributed by atoms with van der Waals surface area (Å²) in [6.07, 6.45) is -4.93. The van der Waals surface area contributed by atoms with E-state index in [-0.39, 0.29) is 30.0 Å². The van der Waals surface area contributed by atoms with Crippen LogP contribution in [0.3, 0.4) is 0 Å². The van der Waals surface area contributed by atoms with Gasteiger partial charge in [0, 0.05) is 12.5 Å². The lowest BCUT2D eigenvalue weighted by atomic mass is 10.2. The lowest BCUT2D eigenvalue weighted by Gasteiger charge is -2.08. The molecular formula is C15H14ClF3N4O3. The number of halogens is 4. The largest absolute Gasteiger partial charge is 0.436 e. The van der Waals surface area contributed by atoms with E-state index >= 15 is 0 Å². The van der Waals surface area contributed by atoms with Crippen LogP contribution in [0.5, 0.6) is 0 Å². The molecule has 0 aliphatic rings. The molecule has 11 heteroatoms. The number of anilines is 1. The van der Waals surface area contributed by atoms with Gasteiger partial charge >= 0.3 is 6.18 Å². The Hall–Kier alpha value is -2.62. The molecule has 1 aromatic carbocycles. The molecule has 2 aromatic rings. The smallest absolute Gasteiger partial charge is 0.320 e. The molecule has 0 unspecified atom stereocenters. The number of aryl methyl sites for hydroxylation is 2. The molecule has 7 nitrogen and oxygen atoms in total. The first-order chi connectivity index (χ1) is 12.0. The van der Waals surface area contributed by atoms with Crippen LogP contribution in [0.25, 0.3) is 0 Å². The number of nitrogens with zero attached hydrogens (tertiary/aromatic N) is 3. The van der Waals surface area contributed by atoms with E-state index < -0.39 is 27.7 Å². The van der Waals surface area contributed by atoms with Crippen LogP contribution in [0, 0.1) is 24.0 Å². The molecule has 0 aliphatic heterocycles. The Bertz CT molecular complexity index is 865. The third kappa shape index (κ3) is 4.31. The second kappa shape index (κ2) is 7.32. The molecule has 0 aliphatic carbocycles. The van der Waals surface area contributed by atoms with Gasteiger partial charge in [0.15, 0.2) is 5.69 Å².